The Kier molecular flexibility index (Phi) is 3.74. The summed E-state index contributed by atoms with van der Waals surface area (Å²) in [5.41, 5.74) is 1.58. The Balaban J connectivity index is 1.81. The van der Waals surface area contributed by atoms with Gasteiger partial charge in [0.05, 0.1) is 21.1 Å². The molecule has 0 spiro atoms. The van der Waals surface area contributed by atoms with E-state index in [4.69, 9.17) is 39.5 Å². The lowest BCUT2D eigenvalue weighted by molar-refractivity contribution is 0.297. The lowest BCUT2D eigenvalue weighted by atomic mass is 10.3. The van der Waals surface area contributed by atoms with Crippen molar-refractivity contribution in [1.82, 2.24) is 9.97 Å². The minimum atomic E-state index is 0.310. The number of nitrogens with one attached hydrogen (secondary N) is 1. The van der Waals surface area contributed by atoms with E-state index in [1.807, 2.05) is 12.1 Å². The molecule has 1 aromatic heterocycles. The molecule has 1 N–H and O–H groups in total. The molecule has 102 valence electrons. The first-order valence-corrected chi connectivity index (χ1v) is 6.97. The lowest BCUT2D eigenvalue weighted by Crippen LogP contribution is -1.97. The molecule has 2 aromatic carbocycles. The topological polar surface area (TPSA) is 37.9 Å². The third-order valence-electron chi connectivity index (χ3n) is 2.74. The van der Waals surface area contributed by atoms with Gasteiger partial charge < -0.3 is 9.72 Å². The van der Waals surface area contributed by atoms with Crippen LogP contribution in [-0.2, 0) is 6.61 Å². The predicted molar refractivity (Wildman–Crippen MR) is 81.9 cm³/mol. The van der Waals surface area contributed by atoms with Gasteiger partial charge >= 0.3 is 0 Å². The first-order valence-electron chi connectivity index (χ1n) is 5.84. The van der Waals surface area contributed by atoms with E-state index in [9.17, 15) is 0 Å². The average molecular weight is 328 g/mol. The molecule has 0 amide bonds. The number of benzene rings is 2. The number of hydrogen-bond donors (Lipinski definition) is 1. The first kappa shape index (κ1) is 13.6. The van der Waals surface area contributed by atoms with E-state index >= 15 is 0 Å². The second-order valence-electron chi connectivity index (χ2n) is 4.21. The minimum Gasteiger partial charge on any atom is -0.486 e. The van der Waals surface area contributed by atoms with Crippen LogP contribution in [0.25, 0.3) is 11.0 Å². The fourth-order valence-electron chi connectivity index (χ4n) is 1.83. The Morgan fingerprint density at radius 2 is 1.85 bits per heavy atom. The van der Waals surface area contributed by atoms with Crippen molar-refractivity contribution in [1.29, 1.82) is 0 Å². The number of ether oxygens (including phenoxy) is 1. The van der Waals surface area contributed by atoms with Gasteiger partial charge in [-0.25, -0.2) is 4.98 Å². The van der Waals surface area contributed by atoms with Crippen molar-refractivity contribution < 1.29 is 4.74 Å². The number of imidazole rings is 1. The molecule has 1 heterocycles. The molecular weight excluding hydrogens is 319 g/mol. The zero-order valence-corrected chi connectivity index (χ0v) is 12.4. The van der Waals surface area contributed by atoms with Crippen LogP contribution in [0.4, 0.5) is 0 Å². The second kappa shape index (κ2) is 5.52. The molecule has 0 aliphatic heterocycles. The van der Waals surface area contributed by atoms with Gasteiger partial charge in [-0.3, -0.25) is 0 Å². The van der Waals surface area contributed by atoms with Crippen LogP contribution in [0.15, 0.2) is 36.4 Å². The van der Waals surface area contributed by atoms with E-state index in [0.29, 0.717) is 33.2 Å². The third-order valence-corrected chi connectivity index (χ3v) is 3.70. The summed E-state index contributed by atoms with van der Waals surface area (Å²) in [6, 6.07) is 10.7. The second-order valence-corrected chi connectivity index (χ2v) is 5.46. The Hall–Kier alpha value is -1.42. The van der Waals surface area contributed by atoms with E-state index in [0.717, 1.165) is 11.0 Å². The normalized spacial score (nSPS) is 10.9. The molecule has 0 aliphatic carbocycles. The van der Waals surface area contributed by atoms with Crippen LogP contribution in [0, 0.1) is 0 Å². The minimum absolute atomic E-state index is 0.310. The number of aromatic nitrogens is 2. The summed E-state index contributed by atoms with van der Waals surface area (Å²) in [7, 11) is 0. The van der Waals surface area contributed by atoms with Crippen molar-refractivity contribution in [2.24, 2.45) is 0 Å². The molecule has 3 aromatic rings. The van der Waals surface area contributed by atoms with Crippen molar-refractivity contribution in [2.45, 2.75) is 6.61 Å². The fourth-order valence-corrected chi connectivity index (χ4v) is 2.34. The molecule has 0 atom stereocenters. The molecule has 20 heavy (non-hydrogen) atoms. The molecule has 0 fully saturated rings. The number of rotatable bonds is 3. The number of hydrogen-bond acceptors (Lipinski definition) is 2. The van der Waals surface area contributed by atoms with Gasteiger partial charge in [-0.1, -0.05) is 40.9 Å². The number of nitrogens with zero attached hydrogens (tertiary/aromatic N) is 1. The summed E-state index contributed by atoms with van der Waals surface area (Å²) >= 11 is 17.8. The van der Waals surface area contributed by atoms with Gasteiger partial charge in [0.1, 0.15) is 18.2 Å². The predicted octanol–water partition coefficient (Wildman–Crippen LogP) is 5.10. The first-order chi connectivity index (χ1) is 9.61. The smallest absolute Gasteiger partial charge is 0.146 e. The van der Waals surface area contributed by atoms with E-state index in [1.165, 1.54) is 0 Å². The molecule has 0 saturated heterocycles. The number of aromatic amines is 1. The molecule has 0 bridgehead atoms. The maximum absolute atomic E-state index is 5.96. The maximum atomic E-state index is 5.96. The number of H-pyrrole nitrogens is 1. The quantitative estimate of drug-likeness (QED) is 0.726. The summed E-state index contributed by atoms with van der Waals surface area (Å²) in [4.78, 5) is 7.53. The summed E-state index contributed by atoms with van der Waals surface area (Å²) in [6.07, 6.45) is 0. The van der Waals surface area contributed by atoms with Crippen molar-refractivity contribution in [2.75, 3.05) is 0 Å². The Morgan fingerprint density at radius 3 is 2.65 bits per heavy atom. The molecule has 0 aliphatic rings. The van der Waals surface area contributed by atoms with Crippen molar-refractivity contribution in [3.8, 4) is 5.75 Å². The number of halogens is 3. The number of fused-ring (bicyclic) bond motifs is 1. The van der Waals surface area contributed by atoms with Crippen molar-refractivity contribution >= 4 is 45.8 Å². The van der Waals surface area contributed by atoms with Crippen molar-refractivity contribution in [3.63, 3.8) is 0 Å². The van der Waals surface area contributed by atoms with Gasteiger partial charge in [0.15, 0.2) is 0 Å². The van der Waals surface area contributed by atoms with Crippen LogP contribution >= 0.6 is 34.8 Å². The van der Waals surface area contributed by atoms with Gasteiger partial charge in [0, 0.05) is 5.02 Å². The van der Waals surface area contributed by atoms with E-state index in [-0.39, 0.29) is 0 Å². The summed E-state index contributed by atoms with van der Waals surface area (Å²) in [5.74, 6) is 1.38. The third kappa shape index (κ3) is 2.85. The van der Waals surface area contributed by atoms with Gasteiger partial charge in [0.25, 0.3) is 0 Å². The van der Waals surface area contributed by atoms with Crippen LogP contribution < -0.4 is 4.74 Å². The highest BCUT2D eigenvalue weighted by atomic mass is 35.5. The van der Waals surface area contributed by atoms with Gasteiger partial charge in [0.2, 0.25) is 0 Å². The van der Waals surface area contributed by atoms with Gasteiger partial charge in [-0.2, -0.15) is 0 Å². The molecule has 6 heteroatoms. The molecular formula is C14H9Cl3N2O. The van der Waals surface area contributed by atoms with Gasteiger partial charge in [-0.15, -0.1) is 0 Å². The Morgan fingerprint density at radius 1 is 1.05 bits per heavy atom. The molecule has 0 unspecified atom stereocenters. The lowest BCUT2D eigenvalue weighted by Gasteiger charge is -2.03. The largest absolute Gasteiger partial charge is 0.486 e. The highest BCUT2D eigenvalue weighted by Crippen LogP contribution is 2.27. The van der Waals surface area contributed by atoms with Crippen LogP contribution in [0.2, 0.25) is 15.1 Å². The Bertz CT molecular complexity index is 731. The van der Waals surface area contributed by atoms with Crippen LogP contribution in [0.1, 0.15) is 5.82 Å². The fraction of sp³-hybridized carbons (Fsp3) is 0.0714. The summed E-state index contributed by atoms with van der Waals surface area (Å²) in [5, 5.41) is 1.60. The summed E-state index contributed by atoms with van der Waals surface area (Å²) < 4.78 is 5.62. The molecule has 3 rings (SSSR count). The highest BCUT2D eigenvalue weighted by molar-refractivity contribution is 6.42. The van der Waals surface area contributed by atoms with E-state index < -0.39 is 0 Å². The maximum Gasteiger partial charge on any atom is 0.146 e. The summed E-state index contributed by atoms with van der Waals surface area (Å²) in [6.45, 7) is 0.310. The SMILES string of the molecule is Clc1cccc(OCc2nc3cc(Cl)c(Cl)cc3[nH]2)c1. The average Bonchev–Trinajstić information content (AvgIpc) is 2.79. The monoisotopic (exact) mass is 326 g/mol. The zero-order valence-electron chi connectivity index (χ0n) is 10.2. The Labute approximate surface area is 130 Å². The van der Waals surface area contributed by atoms with Crippen LogP contribution in [0.5, 0.6) is 5.75 Å². The standard InChI is InChI=1S/C14H9Cl3N2O/c15-8-2-1-3-9(4-8)20-7-14-18-12-5-10(16)11(17)6-13(12)19-14/h1-6H,7H2,(H,18,19). The zero-order chi connectivity index (χ0) is 14.1. The van der Waals surface area contributed by atoms with Gasteiger partial charge in [-0.05, 0) is 30.3 Å². The van der Waals surface area contributed by atoms with Crippen LogP contribution in [-0.4, -0.2) is 9.97 Å². The van der Waals surface area contributed by atoms with E-state index in [2.05, 4.69) is 9.97 Å². The van der Waals surface area contributed by atoms with E-state index in [1.54, 1.807) is 24.3 Å². The van der Waals surface area contributed by atoms with Crippen molar-refractivity contribution in [3.05, 3.63) is 57.3 Å². The molecule has 0 radical (unpaired) electrons. The molecule has 3 nitrogen and oxygen atoms in total. The van der Waals surface area contributed by atoms with Crippen LogP contribution in [0.3, 0.4) is 0 Å². The molecule has 0 saturated carbocycles. The highest BCUT2D eigenvalue weighted by Gasteiger charge is 2.07.